The van der Waals surface area contributed by atoms with E-state index in [1.807, 2.05) is 0 Å². The van der Waals surface area contributed by atoms with E-state index in [0.717, 1.165) is 19.4 Å². The van der Waals surface area contributed by atoms with Crippen LogP contribution in [0.3, 0.4) is 0 Å². The van der Waals surface area contributed by atoms with E-state index in [1.165, 1.54) is 24.9 Å². The molecular weight excluding hydrogens is 234 g/mol. The molecule has 19 heavy (non-hydrogen) atoms. The van der Waals surface area contributed by atoms with Crippen molar-refractivity contribution < 1.29 is 4.79 Å². The first-order chi connectivity index (χ1) is 9.26. The van der Waals surface area contributed by atoms with Gasteiger partial charge in [-0.05, 0) is 23.8 Å². The number of rotatable bonds is 3. The summed E-state index contributed by atoms with van der Waals surface area (Å²) < 4.78 is 0. The van der Waals surface area contributed by atoms with Gasteiger partial charge in [-0.15, -0.1) is 0 Å². The normalized spacial score (nSPS) is 31.4. The number of fused-ring (bicyclic) bond motifs is 2. The zero-order valence-corrected chi connectivity index (χ0v) is 11.7. The van der Waals surface area contributed by atoms with Crippen molar-refractivity contribution in [1.82, 2.24) is 4.90 Å². The fraction of sp³-hybridized carbons (Fsp3) is 0.588. The summed E-state index contributed by atoms with van der Waals surface area (Å²) in [5.41, 5.74) is 1.37. The molecule has 0 spiro atoms. The Balaban J connectivity index is 1.75. The van der Waals surface area contributed by atoms with Crippen LogP contribution < -0.4 is 0 Å². The Morgan fingerprint density at radius 2 is 2.00 bits per heavy atom. The zero-order chi connectivity index (χ0) is 13.2. The van der Waals surface area contributed by atoms with Crippen LogP contribution in [0.1, 0.15) is 38.2 Å². The summed E-state index contributed by atoms with van der Waals surface area (Å²) in [5.74, 6) is 1.85. The molecule has 1 saturated heterocycles. The Morgan fingerprint density at radius 3 is 2.74 bits per heavy atom. The molecule has 0 amide bonds. The average Bonchev–Trinajstić information content (AvgIpc) is 2.43. The minimum Gasteiger partial charge on any atom is -0.300 e. The summed E-state index contributed by atoms with van der Waals surface area (Å²) in [7, 11) is 0. The van der Waals surface area contributed by atoms with E-state index in [4.69, 9.17) is 0 Å². The molecule has 0 radical (unpaired) electrons. The number of likely N-dealkylation sites (tertiary alicyclic amines) is 1. The highest BCUT2D eigenvalue weighted by Crippen LogP contribution is 2.38. The first kappa shape index (κ1) is 12.9. The molecule has 0 unspecified atom stereocenters. The van der Waals surface area contributed by atoms with Crippen molar-refractivity contribution in [2.45, 2.75) is 45.2 Å². The third-order valence-corrected chi connectivity index (χ3v) is 4.93. The molecule has 102 valence electrons. The fourth-order valence-corrected chi connectivity index (χ4v) is 3.87. The second kappa shape index (κ2) is 5.46. The van der Waals surface area contributed by atoms with Crippen molar-refractivity contribution in [2.75, 3.05) is 6.54 Å². The Morgan fingerprint density at radius 1 is 1.21 bits per heavy atom. The fourth-order valence-electron chi connectivity index (χ4n) is 3.87. The van der Waals surface area contributed by atoms with Crippen LogP contribution in [0, 0.1) is 11.8 Å². The molecular formula is C17H23NO. The monoisotopic (exact) mass is 257 g/mol. The minimum atomic E-state index is 0.484. The maximum atomic E-state index is 11.9. The molecule has 3 atom stereocenters. The van der Waals surface area contributed by atoms with Crippen molar-refractivity contribution in [3.8, 4) is 0 Å². The van der Waals surface area contributed by atoms with Gasteiger partial charge in [-0.1, -0.05) is 43.7 Å². The van der Waals surface area contributed by atoms with Crippen LogP contribution in [0.25, 0.3) is 0 Å². The van der Waals surface area contributed by atoms with Gasteiger partial charge in [0.05, 0.1) is 0 Å². The Bertz CT molecular complexity index is 442. The van der Waals surface area contributed by atoms with Crippen LogP contribution >= 0.6 is 0 Å². The van der Waals surface area contributed by atoms with Gasteiger partial charge in [0.1, 0.15) is 5.78 Å². The van der Waals surface area contributed by atoms with Gasteiger partial charge in [0.2, 0.25) is 0 Å². The number of hydrogen-bond acceptors (Lipinski definition) is 2. The van der Waals surface area contributed by atoms with E-state index in [9.17, 15) is 4.79 Å². The molecule has 3 rings (SSSR count). The second-order valence-corrected chi connectivity index (χ2v) is 6.18. The molecule has 1 aromatic rings. The number of carbonyl (C=O) groups excluding carboxylic acids is 1. The highest BCUT2D eigenvalue weighted by Gasteiger charge is 2.39. The van der Waals surface area contributed by atoms with Gasteiger partial charge in [0.15, 0.2) is 0 Å². The van der Waals surface area contributed by atoms with Gasteiger partial charge in [0.25, 0.3) is 0 Å². The van der Waals surface area contributed by atoms with Crippen LogP contribution in [-0.4, -0.2) is 23.3 Å². The Kier molecular flexibility index (Phi) is 3.69. The molecule has 1 saturated carbocycles. The standard InChI is InChI=1S/C17H23NO/c1-2-14-12-18(11-13-6-4-3-5-7-13)16-8-15(14)9-17(19)10-16/h3-7,14-16H,2,8-12H2,1H3/t14-,15+,16-/m1/s1. The highest BCUT2D eigenvalue weighted by atomic mass is 16.1. The maximum Gasteiger partial charge on any atom is 0.134 e. The van der Waals surface area contributed by atoms with Gasteiger partial charge in [-0.25, -0.2) is 0 Å². The smallest absolute Gasteiger partial charge is 0.134 e. The lowest BCUT2D eigenvalue weighted by molar-refractivity contribution is -0.127. The van der Waals surface area contributed by atoms with E-state index in [2.05, 4.69) is 42.2 Å². The van der Waals surface area contributed by atoms with E-state index in [1.54, 1.807) is 0 Å². The molecule has 2 aliphatic rings. The third kappa shape index (κ3) is 2.74. The molecule has 2 bridgehead atoms. The second-order valence-electron chi connectivity index (χ2n) is 6.18. The maximum absolute atomic E-state index is 11.9. The van der Waals surface area contributed by atoms with E-state index >= 15 is 0 Å². The Hall–Kier alpha value is -1.15. The summed E-state index contributed by atoms with van der Waals surface area (Å²) in [5, 5.41) is 0. The van der Waals surface area contributed by atoms with E-state index in [-0.39, 0.29) is 0 Å². The molecule has 0 aromatic heterocycles. The van der Waals surface area contributed by atoms with Crippen LogP contribution in [0.2, 0.25) is 0 Å². The van der Waals surface area contributed by atoms with Crippen LogP contribution in [-0.2, 0) is 11.3 Å². The Labute approximate surface area is 115 Å². The summed E-state index contributed by atoms with van der Waals surface area (Å²) in [6, 6.07) is 11.1. The molecule has 2 fully saturated rings. The molecule has 0 N–H and O–H groups in total. The van der Waals surface area contributed by atoms with Crippen molar-refractivity contribution in [2.24, 2.45) is 11.8 Å². The lowest BCUT2D eigenvalue weighted by Crippen LogP contribution is -2.50. The number of nitrogens with zero attached hydrogens (tertiary/aromatic N) is 1. The van der Waals surface area contributed by atoms with E-state index in [0.29, 0.717) is 23.7 Å². The molecule has 2 nitrogen and oxygen atoms in total. The molecule has 1 aliphatic heterocycles. The van der Waals surface area contributed by atoms with Crippen LogP contribution in [0.5, 0.6) is 0 Å². The lowest BCUT2D eigenvalue weighted by atomic mass is 9.72. The summed E-state index contributed by atoms with van der Waals surface area (Å²) in [6.45, 7) is 4.45. The minimum absolute atomic E-state index is 0.484. The molecule has 2 heteroatoms. The predicted octanol–water partition coefficient (Wildman–Crippen LogP) is 3.27. The number of carbonyl (C=O) groups is 1. The topological polar surface area (TPSA) is 20.3 Å². The van der Waals surface area contributed by atoms with Gasteiger partial charge < -0.3 is 0 Å². The van der Waals surface area contributed by atoms with Crippen molar-refractivity contribution in [3.63, 3.8) is 0 Å². The number of Topliss-reactive ketones (excluding diaryl/α,β-unsaturated/α-hetero) is 1. The van der Waals surface area contributed by atoms with Crippen LogP contribution in [0.15, 0.2) is 30.3 Å². The SMILES string of the molecule is CC[C@@H]1CN(Cc2ccccc2)[C@H]2CC(=O)C[C@@H]1C2. The summed E-state index contributed by atoms with van der Waals surface area (Å²) in [4.78, 5) is 14.5. The molecule has 1 heterocycles. The van der Waals surface area contributed by atoms with Gasteiger partial charge >= 0.3 is 0 Å². The third-order valence-electron chi connectivity index (χ3n) is 4.93. The molecule has 1 aliphatic carbocycles. The van der Waals surface area contributed by atoms with Crippen LogP contribution in [0.4, 0.5) is 0 Å². The number of piperidine rings is 1. The first-order valence-electron chi connectivity index (χ1n) is 7.56. The average molecular weight is 257 g/mol. The van der Waals surface area contributed by atoms with Crippen molar-refractivity contribution >= 4 is 5.78 Å². The predicted molar refractivity (Wildman–Crippen MR) is 76.8 cm³/mol. The largest absolute Gasteiger partial charge is 0.300 e. The number of hydrogen-bond donors (Lipinski definition) is 0. The van der Waals surface area contributed by atoms with E-state index < -0.39 is 0 Å². The molecule has 1 aromatic carbocycles. The summed E-state index contributed by atoms with van der Waals surface area (Å²) >= 11 is 0. The number of benzene rings is 1. The first-order valence-corrected chi connectivity index (χ1v) is 7.56. The highest BCUT2D eigenvalue weighted by molar-refractivity contribution is 5.80. The summed E-state index contributed by atoms with van der Waals surface area (Å²) in [6.07, 6.45) is 4.06. The van der Waals surface area contributed by atoms with Crippen molar-refractivity contribution in [1.29, 1.82) is 0 Å². The zero-order valence-electron chi connectivity index (χ0n) is 11.7. The van der Waals surface area contributed by atoms with Gasteiger partial charge in [0, 0.05) is 32.0 Å². The van der Waals surface area contributed by atoms with Gasteiger partial charge in [-0.3, -0.25) is 9.69 Å². The lowest BCUT2D eigenvalue weighted by Gasteiger charge is -2.47. The van der Waals surface area contributed by atoms with Gasteiger partial charge in [-0.2, -0.15) is 0 Å². The van der Waals surface area contributed by atoms with Crippen molar-refractivity contribution in [3.05, 3.63) is 35.9 Å². The number of ketones is 1. The quantitative estimate of drug-likeness (QED) is 0.828.